The molecule has 2 aromatic rings. The van der Waals surface area contributed by atoms with Crippen LogP contribution in [0.5, 0.6) is 0 Å². The zero-order valence-corrected chi connectivity index (χ0v) is 11.4. The zero-order chi connectivity index (χ0) is 13.5. The first kappa shape index (κ1) is 13.6. The van der Waals surface area contributed by atoms with Crippen molar-refractivity contribution in [1.29, 1.82) is 0 Å². The molecule has 0 unspecified atom stereocenters. The van der Waals surface area contributed by atoms with E-state index < -0.39 is 0 Å². The van der Waals surface area contributed by atoms with E-state index in [2.05, 4.69) is 10.5 Å². The van der Waals surface area contributed by atoms with E-state index in [1.54, 1.807) is 41.8 Å². The molecule has 19 heavy (non-hydrogen) atoms. The third-order valence-corrected chi connectivity index (χ3v) is 3.14. The molecule has 98 valence electrons. The lowest BCUT2D eigenvalue weighted by Gasteiger charge is -2.04. The van der Waals surface area contributed by atoms with Gasteiger partial charge < -0.3 is 10.2 Å². The minimum atomic E-state index is -0.286. The van der Waals surface area contributed by atoms with Gasteiger partial charge in [0.15, 0.2) is 6.61 Å². The average molecular weight is 295 g/mol. The second-order valence-electron chi connectivity index (χ2n) is 3.58. The van der Waals surface area contributed by atoms with E-state index in [4.69, 9.17) is 16.4 Å². The Morgan fingerprint density at radius 2 is 2.32 bits per heavy atom. The molecule has 0 atom stereocenters. The van der Waals surface area contributed by atoms with Crippen molar-refractivity contribution in [3.8, 4) is 0 Å². The van der Waals surface area contributed by atoms with E-state index in [1.807, 2.05) is 17.5 Å². The van der Waals surface area contributed by atoms with E-state index >= 15 is 0 Å². The van der Waals surface area contributed by atoms with E-state index in [9.17, 15) is 4.79 Å². The van der Waals surface area contributed by atoms with Crippen LogP contribution in [0.15, 0.2) is 46.9 Å². The number of benzene rings is 1. The molecule has 1 N–H and O–H groups in total. The van der Waals surface area contributed by atoms with Crippen molar-refractivity contribution < 1.29 is 9.63 Å². The summed E-state index contributed by atoms with van der Waals surface area (Å²) in [5, 5.41) is 8.87. The van der Waals surface area contributed by atoms with Gasteiger partial charge in [-0.3, -0.25) is 4.79 Å². The second kappa shape index (κ2) is 6.92. The second-order valence-corrected chi connectivity index (χ2v) is 5.00. The summed E-state index contributed by atoms with van der Waals surface area (Å²) in [7, 11) is 0. The SMILES string of the molecule is O=C(CO/N=C/c1cccs1)Nc1cccc(Cl)c1. The molecule has 0 saturated heterocycles. The molecule has 0 aliphatic heterocycles. The highest BCUT2D eigenvalue weighted by Crippen LogP contribution is 2.14. The number of thiophene rings is 1. The Kier molecular flexibility index (Phi) is 4.94. The van der Waals surface area contributed by atoms with Crippen LogP contribution in [-0.2, 0) is 9.63 Å². The number of halogens is 1. The van der Waals surface area contributed by atoms with Gasteiger partial charge in [0.2, 0.25) is 0 Å². The summed E-state index contributed by atoms with van der Waals surface area (Å²) in [5.74, 6) is -0.286. The molecule has 0 fully saturated rings. The first-order valence-corrected chi connectivity index (χ1v) is 6.74. The minimum Gasteiger partial charge on any atom is -0.386 e. The Balaban J connectivity index is 1.76. The lowest BCUT2D eigenvalue weighted by Crippen LogP contribution is -2.16. The Hall–Kier alpha value is -1.85. The van der Waals surface area contributed by atoms with Crippen molar-refractivity contribution in [2.24, 2.45) is 5.16 Å². The van der Waals surface area contributed by atoms with Crippen LogP contribution in [0.3, 0.4) is 0 Å². The molecule has 0 aliphatic carbocycles. The maximum atomic E-state index is 11.5. The summed E-state index contributed by atoms with van der Waals surface area (Å²) < 4.78 is 0. The normalized spacial score (nSPS) is 10.6. The largest absolute Gasteiger partial charge is 0.386 e. The Morgan fingerprint density at radius 3 is 3.05 bits per heavy atom. The molecule has 1 heterocycles. The zero-order valence-electron chi connectivity index (χ0n) is 9.88. The van der Waals surface area contributed by atoms with Crippen molar-refractivity contribution in [1.82, 2.24) is 0 Å². The van der Waals surface area contributed by atoms with E-state index in [0.29, 0.717) is 10.7 Å². The van der Waals surface area contributed by atoms with Gasteiger partial charge in [-0.1, -0.05) is 28.9 Å². The molecule has 1 amide bonds. The molecule has 0 aliphatic rings. The lowest BCUT2D eigenvalue weighted by molar-refractivity contribution is -0.120. The van der Waals surface area contributed by atoms with Gasteiger partial charge in [0.25, 0.3) is 5.91 Å². The molecule has 2 rings (SSSR count). The number of carbonyl (C=O) groups excluding carboxylic acids is 1. The standard InChI is InChI=1S/C13H11ClN2O2S/c14-10-3-1-4-11(7-10)16-13(17)9-18-15-8-12-5-2-6-19-12/h1-8H,9H2,(H,16,17)/b15-8+. The number of anilines is 1. The molecule has 0 bridgehead atoms. The van der Waals surface area contributed by atoms with Crippen LogP contribution >= 0.6 is 22.9 Å². The maximum absolute atomic E-state index is 11.5. The molecule has 1 aromatic heterocycles. The predicted molar refractivity (Wildman–Crippen MR) is 77.9 cm³/mol. The molecule has 0 saturated carbocycles. The summed E-state index contributed by atoms with van der Waals surface area (Å²) in [5.41, 5.74) is 0.628. The number of carbonyl (C=O) groups is 1. The summed E-state index contributed by atoms with van der Waals surface area (Å²) in [6.07, 6.45) is 1.57. The van der Waals surface area contributed by atoms with E-state index in [-0.39, 0.29) is 12.5 Å². The molecule has 6 heteroatoms. The van der Waals surface area contributed by atoms with Crippen LogP contribution in [0.4, 0.5) is 5.69 Å². The molecular formula is C13H11ClN2O2S. The molecule has 0 radical (unpaired) electrons. The Morgan fingerprint density at radius 1 is 1.42 bits per heavy atom. The number of amides is 1. The van der Waals surface area contributed by atoms with Gasteiger partial charge >= 0.3 is 0 Å². The molecule has 1 aromatic carbocycles. The van der Waals surface area contributed by atoms with Crippen LogP contribution in [0.1, 0.15) is 4.88 Å². The maximum Gasteiger partial charge on any atom is 0.265 e. The minimum absolute atomic E-state index is 0.144. The summed E-state index contributed by atoms with van der Waals surface area (Å²) in [4.78, 5) is 17.4. The average Bonchev–Trinajstić information content (AvgIpc) is 2.88. The molecule has 4 nitrogen and oxygen atoms in total. The third kappa shape index (κ3) is 4.73. The first-order chi connectivity index (χ1) is 9.24. The van der Waals surface area contributed by atoms with Crippen LogP contribution in [-0.4, -0.2) is 18.7 Å². The quantitative estimate of drug-likeness (QED) is 0.679. The number of hydrogen-bond acceptors (Lipinski definition) is 4. The van der Waals surface area contributed by atoms with Crippen LogP contribution in [0, 0.1) is 0 Å². The number of nitrogens with one attached hydrogen (secondary N) is 1. The van der Waals surface area contributed by atoms with Gasteiger partial charge in [-0.25, -0.2) is 0 Å². The highest BCUT2D eigenvalue weighted by atomic mass is 35.5. The van der Waals surface area contributed by atoms with E-state index in [0.717, 1.165) is 4.88 Å². The first-order valence-electron chi connectivity index (χ1n) is 5.48. The fourth-order valence-corrected chi connectivity index (χ4v) is 2.08. The van der Waals surface area contributed by atoms with Crippen LogP contribution in [0.25, 0.3) is 0 Å². The highest BCUT2D eigenvalue weighted by molar-refractivity contribution is 7.11. The fourth-order valence-electron chi connectivity index (χ4n) is 1.31. The summed E-state index contributed by atoms with van der Waals surface area (Å²) in [6, 6.07) is 10.7. The van der Waals surface area contributed by atoms with Crippen molar-refractivity contribution >= 4 is 40.7 Å². The van der Waals surface area contributed by atoms with E-state index in [1.165, 1.54) is 0 Å². The monoisotopic (exact) mass is 294 g/mol. The number of rotatable bonds is 5. The van der Waals surface area contributed by atoms with Gasteiger partial charge in [0, 0.05) is 15.6 Å². The van der Waals surface area contributed by atoms with Crippen LogP contribution < -0.4 is 5.32 Å². The fraction of sp³-hybridized carbons (Fsp3) is 0.0769. The Bertz CT molecular complexity index is 570. The smallest absolute Gasteiger partial charge is 0.265 e. The van der Waals surface area contributed by atoms with Gasteiger partial charge in [0.05, 0.1) is 6.21 Å². The van der Waals surface area contributed by atoms with Crippen molar-refractivity contribution in [2.45, 2.75) is 0 Å². The molecule has 0 spiro atoms. The Labute approximate surface area is 119 Å². The van der Waals surface area contributed by atoms with Gasteiger partial charge in [-0.15, -0.1) is 11.3 Å². The lowest BCUT2D eigenvalue weighted by atomic mass is 10.3. The van der Waals surface area contributed by atoms with Crippen molar-refractivity contribution in [3.05, 3.63) is 51.7 Å². The van der Waals surface area contributed by atoms with Crippen LogP contribution in [0.2, 0.25) is 5.02 Å². The topological polar surface area (TPSA) is 50.7 Å². The van der Waals surface area contributed by atoms with Crippen molar-refractivity contribution in [2.75, 3.05) is 11.9 Å². The number of nitrogens with zero attached hydrogens (tertiary/aromatic N) is 1. The van der Waals surface area contributed by atoms with Gasteiger partial charge in [-0.05, 0) is 29.6 Å². The van der Waals surface area contributed by atoms with Gasteiger partial charge in [-0.2, -0.15) is 0 Å². The summed E-state index contributed by atoms with van der Waals surface area (Å²) in [6.45, 7) is -0.144. The highest BCUT2D eigenvalue weighted by Gasteiger charge is 2.02. The summed E-state index contributed by atoms with van der Waals surface area (Å²) >= 11 is 7.35. The molecular weight excluding hydrogens is 284 g/mol. The number of hydrogen-bond donors (Lipinski definition) is 1. The van der Waals surface area contributed by atoms with Crippen molar-refractivity contribution in [3.63, 3.8) is 0 Å². The van der Waals surface area contributed by atoms with Gasteiger partial charge in [0.1, 0.15) is 0 Å². The number of oxime groups is 1. The third-order valence-electron chi connectivity index (χ3n) is 2.10. The predicted octanol–water partition coefficient (Wildman–Crippen LogP) is 3.39.